The molecule has 0 aliphatic carbocycles. The number of methoxy groups -OCH3 is 1. The standard InChI is InChI=1S/C19H24Br2N4O5/c1-3-4-7-25-17(22)16(18(27)23-19(25)28)24(8-9-29-2)15(26)11-30-14-6-5-12(20)10-13(14)21/h5-6,10H,3-4,7-9,11,22H2,1-2H3,(H,23,27,28). The minimum absolute atomic E-state index is 0.0634. The Bertz CT molecular complexity index is 1010. The maximum absolute atomic E-state index is 12.9. The van der Waals surface area contributed by atoms with Crippen LogP contribution >= 0.6 is 31.9 Å². The van der Waals surface area contributed by atoms with Crippen LogP contribution in [-0.2, 0) is 16.1 Å². The lowest BCUT2D eigenvalue weighted by Crippen LogP contribution is -2.44. The summed E-state index contributed by atoms with van der Waals surface area (Å²) in [5.41, 5.74) is 4.70. The Labute approximate surface area is 190 Å². The first kappa shape index (κ1) is 24.2. The number of unbranched alkanes of at least 4 members (excludes halogenated alkanes) is 1. The van der Waals surface area contributed by atoms with Gasteiger partial charge < -0.3 is 15.2 Å². The third kappa shape index (κ3) is 5.96. The molecule has 0 fully saturated rings. The highest BCUT2D eigenvalue weighted by Crippen LogP contribution is 2.28. The monoisotopic (exact) mass is 546 g/mol. The second kappa shape index (κ2) is 11.3. The van der Waals surface area contributed by atoms with E-state index < -0.39 is 17.2 Å². The number of aromatic nitrogens is 2. The summed E-state index contributed by atoms with van der Waals surface area (Å²) >= 11 is 6.72. The van der Waals surface area contributed by atoms with E-state index >= 15 is 0 Å². The molecule has 0 spiro atoms. The second-order valence-electron chi connectivity index (χ2n) is 6.40. The second-order valence-corrected chi connectivity index (χ2v) is 8.17. The Kier molecular flexibility index (Phi) is 9.12. The summed E-state index contributed by atoms with van der Waals surface area (Å²) in [5, 5.41) is 0. The molecule has 1 aromatic heterocycles. The van der Waals surface area contributed by atoms with Gasteiger partial charge in [0.25, 0.3) is 11.5 Å². The van der Waals surface area contributed by atoms with Gasteiger partial charge in [0.15, 0.2) is 12.3 Å². The Morgan fingerprint density at radius 2 is 2.03 bits per heavy atom. The summed E-state index contributed by atoms with van der Waals surface area (Å²) in [4.78, 5) is 41.1. The van der Waals surface area contributed by atoms with Crippen molar-refractivity contribution in [2.24, 2.45) is 0 Å². The molecule has 0 saturated heterocycles. The zero-order valence-electron chi connectivity index (χ0n) is 16.7. The van der Waals surface area contributed by atoms with Gasteiger partial charge in [-0.15, -0.1) is 0 Å². The number of anilines is 2. The van der Waals surface area contributed by atoms with Crippen molar-refractivity contribution in [1.29, 1.82) is 0 Å². The molecule has 0 unspecified atom stereocenters. The minimum atomic E-state index is -0.737. The van der Waals surface area contributed by atoms with Crippen LogP contribution in [0.5, 0.6) is 5.75 Å². The van der Waals surface area contributed by atoms with Gasteiger partial charge in [-0.1, -0.05) is 29.3 Å². The molecule has 1 amide bonds. The zero-order valence-corrected chi connectivity index (χ0v) is 19.9. The average molecular weight is 548 g/mol. The van der Waals surface area contributed by atoms with Crippen molar-refractivity contribution in [3.8, 4) is 5.75 Å². The molecule has 0 aliphatic heterocycles. The molecular formula is C19H24Br2N4O5. The molecule has 0 bridgehead atoms. The molecule has 0 saturated carbocycles. The van der Waals surface area contributed by atoms with Gasteiger partial charge in [-0.25, -0.2) is 4.79 Å². The fraction of sp³-hybridized carbons (Fsp3) is 0.421. The molecule has 0 atom stereocenters. The fourth-order valence-electron chi connectivity index (χ4n) is 2.73. The van der Waals surface area contributed by atoms with Crippen LogP contribution in [0.3, 0.4) is 0 Å². The van der Waals surface area contributed by atoms with Gasteiger partial charge in [0, 0.05) is 24.7 Å². The van der Waals surface area contributed by atoms with Crippen LogP contribution in [0.2, 0.25) is 0 Å². The molecule has 2 rings (SSSR count). The third-order valence-corrected chi connectivity index (χ3v) is 5.40. The summed E-state index contributed by atoms with van der Waals surface area (Å²) in [6.45, 7) is 2.20. The molecule has 0 aliphatic rings. The van der Waals surface area contributed by atoms with Crippen molar-refractivity contribution < 1.29 is 14.3 Å². The number of nitrogens with one attached hydrogen (secondary N) is 1. The molecule has 2 aromatic rings. The predicted molar refractivity (Wildman–Crippen MR) is 122 cm³/mol. The van der Waals surface area contributed by atoms with Crippen LogP contribution < -0.4 is 26.6 Å². The number of hydrogen-bond donors (Lipinski definition) is 2. The Morgan fingerprint density at radius 3 is 2.67 bits per heavy atom. The number of halogens is 2. The number of H-pyrrole nitrogens is 1. The van der Waals surface area contributed by atoms with Crippen molar-refractivity contribution in [3.05, 3.63) is 48.0 Å². The Hall–Kier alpha value is -2.11. The maximum Gasteiger partial charge on any atom is 0.330 e. The average Bonchev–Trinajstić information content (AvgIpc) is 2.69. The van der Waals surface area contributed by atoms with Crippen LogP contribution in [0.4, 0.5) is 11.5 Å². The number of amides is 1. The van der Waals surface area contributed by atoms with Crippen LogP contribution in [0.1, 0.15) is 19.8 Å². The summed E-state index contributed by atoms with van der Waals surface area (Å²) in [6.07, 6.45) is 1.53. The van der Waals surface area contributed by atoms with E-state index in [0.29, 0.717) is 23.2 Å². The van der Waals surface area contributed by atoms with Gasteiger partial charge in [-0.05, 0) is 40.5 Å². The van der Waals surface area contributed by atoms with Gasteiger partial charge >= 0.3 is 5.69 Å². The van der Waals surface area contributed by atoms with Gasteiger partial charge in [-0.3, -0.25) is 24.0 Å². The molecule has 164 valence electrons. The molecule has 1 heterocycles. The van der Waals surface area contributed by atoms with Crippen molar-refractivity contribution >= 4 is 49.3 Å². The van der Waals surface area contributed by atoms with E-state index in [1.807, 2.05) is 6.92 Å². The molecular weight excluding hydrogens is 524 g/mol. The fourth-order valence-corrected chi connectivity index (χ4v) is 3.89. The van der Waals surface area contributed by atoms with Gasteiger partial charge in [-0.2, -0.15) is 0 Å². The first-order valence-electron chi connectivity index (χ1n) is 9.29. The normalized spacial score (nSPS) is 10.8. The molecule has 30 heavy (non-hydrogen) atoms. The van der Waals surface area contributed by atoms with Gasteiger partial charge in [0.05, 0.1) is 11.1 Å². The number of nitrogen functional groups attached to an aromatic ring is 1. The van der Waals surface area contributed by atoms with E-state index in [1.165, 1.54) is 16.6 Å². The van der Waals surface area contributed by atoms with Gasteiger partial charge in [0.2, 0.25) is 0 Å². The molecule has 0 radical (unpaired) electrons. The topological polar surface area (TPSA) is 120 Å². The van der Waals surface area contributed by atoms with Crippen LogP contribution in [-0.4, -0.2) is 42.3 Å². The summed E-state index contributed by atoms with van der Waals surface area (Å²) in [5.74, 6) is -0.0979. The maximum atomic E-state index is 12.9. The number of nitrogens with zero attached hydrogens (tertiary/aromatic N) is 2. The van der Waals surface area contributed by atoms with E-state index in [9.17, 15) is 14.4 Å². The first-order chi connectivity index (χ1) is 14.3. The Balaban J connectivity index is 2.35. The lowest BCUT2D eigenvalue weighted by Gasteiger charge is -2.24. The SMILES string of the molecule is CCCCn1c(N)c(N(CCOC)C(=O)COc2ccc(Br)cc2Br)c(=O)[nH]c1=O. The highest BCUT2D eigenvalue weighted by Gasteiger charge is 2.24. The largest absolute Gasteiger partial charge is 0.483 e. The lowest BCUT2D eigenvalue weighted by atomic mass is 10.3. The van der Waals surface area contributed by atoms with Crippen LogP contribution in [0, 0.1) is 0 Å². The molecule has 3 N–H and O–H groups in total. The van der Waals surface area contributed by atoms with Crippen LogP contribution in [0.15, 0.2) is 36.7 Å². The predicted octanol–water partition coefficient (Wildman–Crippen LogP) is 2.50. The lowest BCUT2D eigenvalue weighted by molar-refractivity contribution is -0.120. The smallest absolute Gasteiger partial charge is 0.330 e. The van der Waals surface area contributed by atoms with Crippen molar-refractivity contribution in [1.82, 2.24) is 9.55 Å². The molecule has 1 aromatic carbocycles. The minimum Gasteiger partial charge on any atom is -0.483 e. The van der Waals surface area contributed by atoms with Crippen molar-refractivity contribution in [3.63, 3.8) is 0 Å². The number of nitrogens with two attached hydrogens (primary N) is 1. The van der Waals surface area contributed by atoms with E-state index in [1.54, 1.807) is 18.2 Å². The number of ether oxygens (including phenoxy) is 2. The van der Waals surface area contributed by atoms with E-state index in [4.69, 9.17) is 15.2 Å². The summed E-state index contributed by atoms with van der Waals surface area (Å²) in [6, 6.07) is 5.27. The summed E-state index contributed by atoms with van der Waals surface area (Å²) < 4.78 is 13.5. The number of carbonyl (C=O) groups is 1. The molecule has 11 heteroatoms. The number of hydrogen-bond acceptors (Lipinski definition) is 6. The van der Waals surface area contributed by atoms with E-state index in [-0.39, 0.29) is 31.3 Å². The summed E-state index contributed by atoms with van der Waals surface area (Å²) in [7, 11) is 1.48. The number of rotatable bonds is 10. The third-order valence-electron chi connectivity index (χ3n) is 4.28. The molecule has 9 nitrogen and oxygen atoms in total. The number of benzene rings is 1. The highest BCUT2D eigenvalue weighted by atomic mass is 79.9. The van der Waals surface area contributed by atoms with Crippen molar-refractivity contribution in [2.45, 2.75) is 26.3 Å². The number of carbonyl (C=O) groups excluding carboxylic acids is 1. The van der Waals surface area contributed by atoms with E-state index in [0.717, 1.165) is 10.9 Å². The number of aromatic amines is 1. The Morgan fingerprint density at radius 1 is 1.30 bits per heavy atom. The van der Waals surface area contributed by atoms with Crippen LogP contribution in [0.25, 0.3) is 0 Å². The van der Waals surface area contributed by atoms with E-state index in [2.05, 4.69) is 36.8 Å². The highest BCUT2D eigenvalue weighted by molar-refractivity contribution is 9.11. The van der Waals surface area contributed by atoms with Crippen molar-refractivity contribution in [2.75, 3.05) is 37.5 Å². The quantitative estimate of drug-likeness (QED) is 0.471. The zero-order chi connectivity index (χ0) is 22.3. The first-order valence-corrected chi connectivity index (χ1v) is 10.9. The van der Waals surface area contributed by atoms with Gasteiger partial charge in [0.1, 0.15) is 11.6 Å².